The van der Waals surface area contributed by atoms with E-state index in [0.717, 1.165) is 50.1 Å². The topological polar surface area (TPSA) is 43.6 Å². The fourth-order valence-electron chi connectivity index (χ4n) is 8.50. The quantitative estimate of drug-likeness (QED) is 0.154. The predicted molar refractivity (Wildman–Crippen MR) is 252 cm³/mol. The van der Waals surface area contributed by atoms with Gasteiger partial charge in [0.15, 0.2) is 17.5 Å². The molecule has 0 amide bonds. The highest BCUT2D eigenvalue weighted by atomic mass is 15.0. The van der Waals surface area contributed by atoms with Crippen LogP contribution in [0.3, 0.4) is 0 Å². The molecule has 4 nitrogen and oxygen atoms in total. The Hall–Kier alpha value is -8.21. The van der Waals surface area contributed by atoms with E-state index in [4.69, 9.17) is 15.0 Å². The summed E-state index contributed by atoms with van der Waals surface area (Å²) in [5.74, 6) is 1.91. The second-order valence-corrected chi connectivity index (χ2v) is 15.2. The van der Waals surface area contributed by atoms with E-state index in [1.165, 1.54) is 38.6 Å². The summed E-state index contributed by atoms with van der Waals surface area (Å²) in [7, 11) is 0. The van der Waals surface area contributed by atoms with Crippen LogP contribution in [0.2, 0.25) is 0 Å². The molecule has 11 rings (SSSR count). The number of nitrogens with zero attached hydrogens (tertiary/aromatic N) is 4. The van der Waals surface area contributed by atoms with Crippen LogP contribution in [-0.4, -0.2) is 19.5 Å². The van der Waals surface area contributed by atoms with E-state index in [1.54, 1.807) is 0 Å². The summed E-state index contributed by atoms with van der Waals surface area (Å²) in [6, 6.07) is 81.4. The maximum Gasteiger partial charge on any atom is 0.164 e. The molecule has 0 aliphatic rings. The molecule has 0 saturated heterocycles. The third-order valence-electron chi connectivity index (χ3n) is 11.4. The molecule has 4 heteroatoms. The second-order valence-electron chi connectivity index (χ2n) is 15.2. The summed E-state index contributed by atoms with van der Waals surface area (Å²) >= 11 is 0. The number of benzene rings is 9. The van der Waals surface area contributed by atoms with E-state index in [2.05, 4.69) is 174 Å². The lowest BCUT2D eigenvalue weighted by Gasteiger charge is -2.12. The molecule has 11 aromatic rings. The number of hydrogen-bond acceptors (Lipinski definition) is 3. The van der Waals surface area contributed by atoms with E-state index < -0.39 is 0 Å². The lowest BCUT2D eigenvalue weighted by atomic mass is 9.96. The first-order chi connectivity index (χ1) is 30.2. The Morgan fingerprint density at radius 1 is 0.262 bits per heavy atom. The zero-order valence-electron chi connectivity index (χ0n) is 33.2. The maximum atomic E-state index is 5.06. The molecular formula is C57H38N4. The van der Waals surface area contributed by atoms with Crippen molar-refractivity contribution < 1.29 is 0 Å². The van der Waals surface area contributed by atoms with Crippen molar-refractivity contribution in [3.8, 4) is 84.4 Å². The second kappa shape index (κ2) is 15.5. The molecule has 61 heavy (non-hydrogen) atoms. The van der Waals surface area contributed by atoms with Crippen molar-refractivity contribution in [3.63, 3.8) is 0 Å². The standard InChI is InChI=1S/C57H38N4/c1-5-17-39(18-6-1)43-25-13-26-44(35-43)45-27-15-30-49(37-45)61-52-34-33-46(40-19-7-2-8-20-40)38-51(52)54-50(31-16-32-53(54)61)47-28-14-29-48(36-47)57-59-55(41-21-9-3-10-22-41)58-56(60-57)42-23-11-4-12-24-42/h1-38H. The molecule has 9 aromatic carbocycles. The van der Waals surface area contributed by atoms with Crippen molar-refractivity contribution >= 4 is 21.8 Å². The van der Waals surface area contributed by atoms with E-state index in [-0.39, 0.29) is 0 Å². The average Bonchev–Trinajstić information content (AvgIpc) is 3.69. The highest BCUT2D eigenvalue weighted by Gasteiger charge is 2.19. The molecule has 0 N–H and O–H groups in total. The molecular weight excluding hydrogens is 741 g/mol. The van der Waals surface area contributed by atoms with E-state index in [9.17, 15) is 0 Å². The molecule has 0 saturated carbocycles. The van der Waals surface area contributed by atoms with Crippen molar-refractivity contribution in [2.45, 2.75) is 0 Å². The first-order valence-electron chi connectivity index (χ1n) is 20.6. The highest BCUT2D eigenvalue weighted by Crippen LogP contribution is 2.41. The average molecular weight is 779 g/mol. The van der Waals surface area contributed by atoms with Gasteiger partial charge in [0.1, 0.15) is 0 Å². The Kier molecular flexibility index (Phi) is 9.14. The van der Waals surface area contributed by atoms with Crippen molar-refractivity contribution in [2.75, 3.05) is 0 Å². The lowest BCUT2D eigenvalue weighted by Crippen LogP contribution is -2.00. The molecule has 2 heterocycles. The van der Waals surface area contributed by atoms with E-state index in [0.29, 0.717) is 17.5 Å². The van der Waals surface area contributed by atoms with E-state index >= 15 is 0 Å². The minimum Gasteiger partial charge on any atom is -0.309 e. The molecule has 0 aliphatic heterocycles. The molecule has 0 unspecified atom stereocenters. The minimum atomic E-state index is 0.628. The fraction of sp³-hybridized carbons (Fsp3) is 0. The van der Waals surface area contributed by atoms with Gasteiger partial charge in [0.25, 0.3) is 0 Å². The number of hydrogen-bond donors (Lipinski definition) is 0. The summed E-state index contributed by atoms with van der Waals surface area (Å²) in [6.07, 6.45) is 0. The van der Waals surface area contributed by atoms with Crippen LogP contribution >= 0.6 is 0 Å². The van der Waals surface area contributed by atoms with Crippen LogP contribution in [-0.2, 0) is 0 Å². The van der Waals surface area contributed by atoms with Crippen LogP contribution in [0.5, 0.6) is 0 Å². The van der Waals surface area contributed by atoms with Crippen LogP contribution < -0.4 is 0 Å². The Balaban J connectivity index is 1.09. The van der Waals surface area contributed by atoms with Gasteiger partial charge in [-0.1, -0.05) is 188 Å². The molecule has 0 bridgehead atoms. The highest BCUT2D eigenvalue weighted by molar-refractivity contribution is 6.16. The zero-order chi connectivity index (χ0) is 40.5. The zero-order valence-corrected chi connectivity index (χ0v) is 33.2. The van der Waals surface area contributed by atoms with Gasteiger partial charge in [-0.2, -0.15) is 0 Å². The lowest BCUT2D eigenvalue weighted by molar-refractivity contribution is 1.07. The predicted octanol–water partition coefficient (Wildman–Crippen LogP) is 14.6. The molecule has 0 atom stereocenters. The van der Waals surface area contributed by atoms with Gasteiger partial charge in [-0.15, -0.1) is 0 Å². The van der Waals surface area contributed by atoms with Crippen LogP contribution in [0.1, 0.15) is 0 Å². The largest absolute Gasteiger partial charge is 0.309 e. The van der Waals surface area contributed by atoms with Gasteiger partial charge in [-0.3, -0.25) is 0 Å². The molecule has 2 aromatic heterocycles. The van der Waals surface area contributed by atoms with Crippen molar-refractivity contribution in [2.24, 2.45) is 0 Å². The van der Waals surface area contributed by atoms with Crippen molar-refractivity contribution in [1.29, 1.82) is 0 Å². The fourth-order valence-corrected chi connectivity index (χ4v) is 8.50. The van der Waals surface area contributed by atoms with Gasteiger partial charge in [-0.05, 0) is 87.0 Å². The maximum absolute atomic E-state index is 5.06. The first-order valence-corrected chi connectivity index (χ1v) is 20.6. The van der Waals surface area contributed by atoms with Crippen LogP contribution in [0.4, 0.5) is 0 Å². The van der Waals surface area contributed by atoms with Gasteiger partial charge in [0, 0.05) is 33.2 Å². The van der Waals surface area contributed by atoms with Gasteiger partial charge < -0.3 is 4.57 Å². The smallest absolute Gasteiger partial charge is 0.164 e. The van der Waals surface area contributed by atoms with Crippen LogP contribution in [0.25, 0.3) is 106 Å². The molecule has 0 radical (unpaired) electrons. The summed E-state index contributed by atoms with van der Waals surface area (Å²) in [5.41, 5.74) is 15.5. The SMILES string of the molecule is c1ccc(-c2cccc(-c3cccc(-n4c5ccc(-c6ccccc6)cc5c5c(-c6cccc(-c7nc(-c8ccccc8)nc(-c8ccccc8)n7)c6)cccc54)c3)c2)cc1. The Bertz CT molecular complexity index is 3280. The Morgan fingerprint density at radius 3 is 1.30 bits per heavy atom. The normalized spacial score (nSPS) is 11.3. The Labute approximate surface area is 354 Å². The number of fused-ring (bicyclic) bond motifs is 3. The molecule has 0 fully saturated rings. The van der Waals surface area contributed by atoms with Gasteiger partial charge in [-0.25, -0.2) is 15.0 Å². The summed E-state index contributed by atoms with van der Waals surface area (Å²) in [6.45, 7) is 0. The third kappa shape index (κ3) is 6.86. The minimum absolute atomic E-state index is 0.628. The summed E-state index contributed by atoms with van der Waals surface area (Å²) in [5, 5.41) is 2.38. The van der Waals surface area contributed by atoms with Crippen LogP contribution in [0.15, 0.2) is 231 Å². The monoisotopic (exact) mass is 778 g/mol. The van der Waals surface area contributed by atoms with Gasteiger partial charge in [0.05, 0.1) is 11.0 Å². The van der Waals surface area contributed by atoms with Gasteiger partial charge >= 0.3 is 0 Å². The number of aromatic nitrogens is 4. The first kappa shape index (κ1) is 35.9. The van der Waals surface area contributed by atoms with Gasteiger partial charge in [0.2, 0.25) is 0 Å². The molecule has 286 valence electrons. The molecule has 0 spiro atoms. The number of rotatable bonds is 8. The summed E-state index contributed by atoms with van der Waals surface area (Å²) < 4.78 is 2.42. The third-order valence-corrected chi connectivity index (χ3v) is 11.4. The summed E-state index contributed by atoms with van der Waals surface area (Å²) in [4.78, 5) is 15.1. The van der Waals surface area contributed by atoms with Crippen molar-refractivity contribution in [3.05, 3.63) is 231 Å². The van der Waals surface area contributed by atoms with Crippen molar-refractivity contribution in [1.82, 2.24) is 19.5 Å². The van der Waals surface area contributed by atoms with E-state index in [1.807, 2.05) is 60.7 Å². The molecule has 0 aliphatic carbocycles. The van der Waals surface area contributed by atoms with Crippen LogP contribution in [0, 0.1) is 0 Å². The Morgan fingerprint density at radius 2 is 0.689 bits per heavy atom.